The van der Waals surface area contributed by atoms with Gasteiger partial charge < -0.3 is 14.9 Å². The Morgan fingerprint density at radius 2 is 1.79 bits per heavy atom. The number of carbonyl (C=O) groups excluding carboxylic acids is 1. The number of allylic oxidation sites excluding steroid dienone is 1. The number of pyridine rings is 2. The average Bonchev–Trinajstić information content (AvgIpc) is 3.02. The van der Waals surface area contributed by atoms with Gasteiger partial charge in [0.2, 0.25) is 5.91 Å². The number of fused-ring (bicyclic) bond motifs is 1. The molecule has 1 N–H and O–H groups in total. The number of carbonyl (C=O) groups is 1. The number of halogens is 5. The van der Waals surface area contributed by atoms with Crippen molar-refractivity contribution in [3.63, 3.8) is 0 Å². The van der Waals surface area contributed by atoms with Crippen molar-refractivity contribution in [2.24, 2.45) is 16.8 Å². The molecule has 1 amide bonds. The number of anilines is 1. The molecule has 0 bridgehead atoms. The van der Waals surface area contributed by atoms with E-state index in [2.05, 4.69) is 22.6 Å². The molecule has 47 heavy (non-hydrogen) atoms. The zero-order valence-corrected chi connectivity index (χ0v) is 27.7. The number of hydrogen-bond acceptors (Lipinski definition) is 7. The lowest BCUT2D eigenvalue weighted by atomic mass is 9.88. The largest absolute Gasteiger partial charge is 0.504 e. The van der Waals surface area contributed by atoms with Crippen molar-refractivity contribution in [1.82, 2.24) is 14.5 Å². The van der Waals surface area contributed by atoms with Gasteiger partial charge in [-0.15, -0.1) is 0 Å². The molecule has 4 atom stereocenters. The Balaban J connectivity index is 1.91. The summed E-state index contributed by atoms with van der Waals surface area (Å²) in [5, 5.41) is 19.3. The lowest BCUT2D eigenvalue weighted by Gasteiger charge is -2.45. The maximum absolute atomic E-state index is 15.4. The zero-order valence-electron chi connectivity index (χ0n) is 26.2. The minimum absolute atomic E-state index is 0.109. The Morgan fingerprint density at radius 1 is 1.15 bits per heavy atom. The summed E-state index contributed by atoms with van der Waals surface area (Å²) in [6.07, 6.45) is 4.61. The van der Waals surface area contributed by atoms with Crippen molar-refractivity contribution in [3.8, 4) is 23.1 Å². The van der Waals surface area contributed by atoms with Crippen LogP contribution in [0.4, 0.5) is 18.9 Å². The molecule has 246 valence electrons. The van der Waals surface area contributed by atoms with Crippen molar-refractivity contribution in [2.75, 3.05) is 18.0 Å². The lowest BCUT2D eigenvalue weighted by molar-refractivity contribution is -0.130. The van der Waals surface area contributed by atoms with E-state index >= 15 is 8.78 Å². The summed E-state index contributed by atoms with van der Waals surface area (Å²) in [6.45, 7) is 13.2. The summed E-state index contributed by atoms with van der Waals surface area (Å²) in [6, 6.07) is 1.84. The predicted molar refractivity (Wildman–Crippen MR) is 176 cm³/mol. The van der Waals surface area contributed by atoms with Crippen molar-refractivity contribution in [2.45, 2.75) is 52.7 Å². The highest BCUT2D eigenvalue weighted by molar-refractivity contribution is 6.34. The van der Waals surface area contributed by atoms with Crippen LogP contribution in [0.3, 0.4) is 0 Å². The van der Waals surface area contributed by atoms with E-state index in [0.29, 0.717) is 5.71 Å². The molecule has 0 radical (unpaired) electrons. The molecule has 2 aromatic heterocycles. The molecule has 0 aliphatic carbocycles. The van der Waals surface area contributed by atoms with Crippen LogP contribution in [0, 0.1) is 40.6 Å². The van der Waals surface area contributed by atoms with E-state index in [1.807, 2.05) is 34.6 Å². The van der Waals surface area contributed by atoms with E-state index in [1.165, 1.54) is 16.7 Å². The summed E-state index contributed by atoms with van der Waals surface area (Å²) in [5.41, 5.74) is -2.02. The summed E-state index contributed by atoms with van der Waals surface area (Å²) in [5.74, 6) is -7.19. The van der Waals surface area contributed by atoms with Crippen LogP contribution in [-0.2, 0) is 4.79 Å². The first-order valence-corrected chi connectivity index (χ1v) is 15.6. The molecule has 1 fully saturated rings. The highest BCUT2D eigenvalue weighted by Crippen LogP contribution is 2.43. The number of nitrogens with zero attached hydrogens (tertiary/aromatic N) is 6. The quantitative estimate of drug-likeness (QED) is 0.180. The molecule has 2 aliphatic heterocycles. The van der Waals surface area contributed by atoms with Crippen molar-refractivity contribution in [1.29, 1.82) is 5.26 Å². The molecule has 0 unspecified atom stereocenters. The third-order valence-corrected chi connectivity index (χ3v) is 9.28. The SMILES string of the molecule is C=CC(=O)N1[C@H](C)CN(c2c(C#N)c(=O)n([C@H]3C(C(C)C)=NC=C[C@H]3C)c3nc(-c4c(F)c(O)c(Cl)c(F)c4F)c(Cl)cc23)C[C@@H]1C. The minimum atomic E-state index is -1.74. The van der Waals surface area contributed by atoms with Gasteiger partial charge in [-0.2, -0.15) is 5.26 Å². The van der Waals surface area contributed by atoms with Gasteiger partial charge in [-0.05, 0) is 31.9 Å². The number of nitriles is 1. The molecule has 4 heterocycles. The zero-order chi connectivity index (χ0) is 34.6. The fourth-order valence-electron chi connectivity index (χ4n) is 6.60. The normalized spacial score (nSPS) is 21.3. The van der Waals surface area contributed by atoms with Crippen molar-refractivity contribution < 1.29 is 23.1 Å². The molecule has 14 heteroatoms. The Hall–Kier alpha value is -4.34. The van der Waals surface area contributed by atoms with Crippen LogP contribution in [0.1, 0.15) is 46.2 Å². The number of piperazine rings is 1. The minimum Gasteiger partial charge on any atom is -0.504 e. The van der Waals surface area contributed by atoms with Gasteiger partial charge in [-0.3, -0.25) is 19.1 Å². The predicted octanol–water partition coefficient (Wildman–Crippen LogP) is 6.78. The molecule has 1 aromatic carbocycles. The van der Waals surface area contributed by atoms with Crippen LogP contribution in [0.2, 0.25) is 10.0 Å². The number of hydrogen-bond donors (Lipinski definition) is 1. The molecule has 3 aromatic rings. The monoisotopic (exact) mass is 686 g/mol. The molecule has 0 saturated carbocycles. The summed E-state index contributed by atoms with van der Waals surface area (Å²) >= 11 is 12.2. The van der Waals surface area contributed by atoms with Crippen LogP contribution < -0.4 is 10.5 Å². The molecular formula is C33H31Cl2F3N6O3. The number of aliphatic imine (C=N–C) groups is 1. The second-order valence-corrected chi connectivity index (χ2v) is 12.9. The Bertz CT molecular complexity index is 1960. The molecule has 2 aliphatic rings. The van der Waals surface area contributed by atoms with Gasteiger partial charge in [0, 0.05) is 48.4 Å². The Morgan fingerprint density at radius 3 is 2.36 bits per heavy atom. The first-order valence-electron chi connectivity index (χ1n) is 14.8. The van der Waals surface area contributed by atoms with Gasteiger partial charge >= 0.3 is 0 Å². The number of rotatable bonds is 5. The highest BCUT2D eigenvalue weighted by Gasteiger charge is 2.38. The van der Waals surface area contributed by atoms with E-state index in [1.54, 1.807) is 22.1 Å². The van der Waals surface area contributed by atoms with Gasteiger partial charge in [0.1, 0.15) is 22.3 Å². The van der Waals surface area contributed by atoms with Crippen LogP contribution in [0.5, 0.6) is 5.75 Å². The summed E-state index contributed by atoms with van der Waals surface area (Å²) < 4.78 is 46.7. The second-order valence-electron chi connectivity index (χ2n) is 12.1. The number of amides is 1. The van der Waals surface area contributed by atoms with Gasteiger partial charge in [0.15, 0.2) is 23.2 Å². The number of aromatic hydroxyl groups is 1. The highest BCUT2D eigenvalue weighted by atomic mass is 35.5. The van der Waals surface area contributed by atoms with E-state index in [-0.39, 0.29) is 70.2 Å². The summed E-state index contributed by atoms with van der Waals surface area (Å²) in [7, 11) is 0. The van der Waals surface area contributed by atoms with Crippen LogP contribution in [0.15, 0.2) is 40.8 Å². The maximum Gasteiger partial charge on any atom is 0.272 e. The number of phenolic OH excluding ortho intramolecular Hbond substituents is 1. The first kappa shape index (κ1) is 34.0. The number of phenols is 1. The average molecular weight is 688 g/mol. The van der Waals surface area contributed by atoms with E-state index in [4.69, 9.17) is 23.2 Å². The third kappa shape index (κ3) is 5.45. The standard InChI is InChI=1S/C33H31Cl2F3N6O3/c1-7-21(45)43-16(5)12-42(13-17(43)6)30-18-10-20(34)28(22-24(36)26(38)23(35)31(46)25(22)37)41-32(18)44(33(47)19(30)11-39)29-15(4)8-9-40-27(29)14(2)3/h7-10,14-17,29,46H,1,12-13H2,2-6H3/t15-,16-,17+,29-/m1/s1. The van der Waals surface area contributed by atoms with Crippen molar-refractivity contribution >= 4 is 51.5 Å². The van der Waals surface area contributed by atoms with E-state index in [9.17, 15) is 24.3 Å². The van der Waals surface area contributed by atoms with Gasteiger partial charge in [-0.1, -0.05) is 56.6 Å². The molecular weight excluding hydrogens is 656 g/mol. The third-order valence-electron chi connectivity index (χ3n) is 8.65. The van der Waals surface area contributed by atoms with Crippen LogP contribution >= 0.6 is 23.2 Å². The maximum atomic E-state index is 15.4. The summed E-state index contributed by atoms with van der Waals surface area (Å²) in [4.78, 5) is 39.6. The molecule has 1 saturated heterocycles. The first-order chi connectivity index (χ1) is 22.2. The smallest absolute Gasteiger partial charge is 0.272 e. The van der Waals surface area contributed by atoms with Crippen LogP contribution in [-0.4, -0.2) is 56.3 Å². The Labute approximate surface area is 278 Å². The lowest BCUT2D eigenvalue weighted by Crippen LogP contribution is -2.58. The second kappa shape index (κ2) is 12.7. The fraction of sp³-hybridized carbons (Fsp3) is 0.364. The molecule has 9 nitrogen and oxygen atoms in total. The van der Waals surface area contributed by atoms with Gasteiger partial charge in [-0.25, -0.2) is 18.2 Å². The van der Waals surface area contributed by atoms with Gasteiger partial charge in [0.05, 0.1) is 28.0 Å². The van der Waals surface area contributed by atoms with E-state index in [0.717, 1.165) is 0 Å². The number of benzene rings is 1. The molecule has 5 rings (SSSR count). The topological polar surface area (TPSA) is 115 Å². The Kier molecular flexibility index (Phi) is 9.18. The van der Waals surface area contributed by atoms with E-state index < -0.39 is 51.1 Å². The number of aromatic nitrogens is 2. The fourth-order valence-corrected chi connectivity index (χ4v) is 7.01. The van der Waals surface area contributed by atoms with Gasteiger partial charge in [0.25, 0.3) is 5.56 Å². The van der Waals surface area contributed by atoms with Crippen molar-refractivity contribution in [3.05, 3.63) is 74.4 Å². The molecule has 0 spiro atoms. The van der Waals surface area contributed by atoms with Crippen LogP contribution in [0.25, 0.3) is 22.3 Å².